The Hall–Kier alpha value is -2.90. The molecular formula is C11H11N5O3. The van der Waals surface area contributed by atoms with Crippen molar-refractivity contribution in [3.05, 3.63) is 51.7 Å². The van der Waals surface area contributed by atoms with E-state index in [1.54, 1.807) is 19.1 Å². The van der Waals surface area contributed by atoms with Crippen LogP contribution >= 0.6 is 0 Å². The van der Waals surface area contributed by atoms with Crippen molar-refractivity contribution in [2.45, 2.75) is 6.92 Å². The number of aryl methyl sites for hydroxylation is 1. The summed E-state index contributed by atoms with van der Waals surface area (Å²) in [5.41, 5.74) is 6.60. The van der Waals surface area contributed by atoms with E-state index in [4.69, 9.17) is 10.9 Å². The standard InChI is InChI=1S/C11H11N5O3/c1-7-5-10(12)15(13-7)11(14-17)8-3-2-4-9(6-8)16(18)19/h2-6,17H,12H2,1H3/b14-11+. The van der Waals surface area contributed by atoms with E-state index in [0.29, 0.717) is 11.3 Å². The summed E-state index contributed by atoms with van der Waals surface area (Å²) >= 11 is 0. The minimum absolute atomic E-state index is 0.0225. The molecule has 2 aromatic rings. The molecule has 0 bridgehead atoms. The van der Waals surface area contributed by atoms with Crippen LogP contribution in [0.15, 0.2) is 35.5 Å². The van der Waals surface area contributed by atoms with Crippen LogP contribution in [-0.2, 0) is 0 Å². The molecule has 0 aliphatic heterocycles. The van der Waals surface area contributed by atoms with Gasteiger partial charge < -0.3 is 10.9 Å². The molecule has 0 radical (unpaired) electrons. The van der Waals surface area contributed by atoms with Gasteiger partial charge in [-0.05, 0) is 6.92 Å². The Kier molecular flexibility index (Phi) is 3.15. The zero-order valence-electron chi connectivity index (χ0n) is 10.0. The number of hydrogen-bond acceptors (Lipinski definition) is 6. The molecule has 2 rings (SSSR count). The van der Waals surface area contributed by atoms with Gasteiger partial charge in [-0.25, -0.2) is 0 Å². The fraction of sp³-hybridized carbons (Fsp3) is 0.0909. The highest BCUT2D eigenvalue weighted by Crippen LogP contribution is 2.16. The van der Waals surface area contributed by atoms with Crippen LogP contribution < -0.4 is 5.73 Å². The van der Waals surface area contributed by atoms with Gasteiger partial charge in [-0.15, -0.1) is 0 Å². The molecule has 0 amide bonds. The fourth-order valence-corrected chi connectivity index (χ4v) is 1.67. The molecule has 0 fully saturated rings. The number of nitro groups is 1. The lowest BCUT2D eigenvalue weighted by Crippen LogP contribution is -2.17. The molecular weight excluding hydrogens is 250 g/mol. The van der Waals surface area contributed by atoms with E-state index in [9.17, 15) is 10.1 Å². The minimum atomic E-state index is -0.532. The molecule has 1 aromatic carbocycles. The van der Waals surface area contributed by atoms with Crippen LogP contribution in [0.5, 0.6) is 0 Å². The molecule has 8 nitrogen and oxygen atoms in total. The number of hydrogen-bond donors (Lipinski definition) is 2. The normalized spacial score (nSPS) is 11.5. The first-order chi connectivity index (χ1) is 9.02. The van der Waals surface area contributed by atoms with Gasteiger partial charge in [0.15, 0.2) is 0 Å². The number of nitrogens with zero attached hydrogens (tertiary/aromatic N) is 4. The Morgan fingerprint density at radius 1 is 1.53 bits per heavy atom. The Balaban J connectivity index is 2.52. The molecule has 0 aliphatic rings. The number of aromatic nitrogens is 2. The van der Waals surface area contributed by atoms with Crippen molar-refractivity contribution in [3.63, 3.8) is 0 Å². The second-order valence-corrected chi connectivity index (χ2v) is 3.85. The number of nitrogens with two attached hydrogens (primary N) is 1. The molecule has 0 unspecified atom stereocenters. The summed E-state index contributed by atoms with van der Waals surface area (Å²) in [7, 11) is 0. The number of nitrogen functional groups attached to an aromatic ring is 1. The van der Waals surface area contributed by atoms with Gasteiger partial charge in [0.25, 0.3) is 5.69 Å². The van der Waals surface area contributed by atoms with Gasteiger partial charge in [-0.2, -0.15) is 9.78 Å². The van der Waals surface area contributed by atoms with E-state index >= 15 is 0 Å². The maximum Gasteiger partial charge on any atom is 0.270 e. The average Bonchev–Trinajstić information content (AvgIpc) is 2.70. The van der Waals surface area contributed by atoms with Crippen molar-refractivity contribution >= 4 is 17.3 Å². The van der Waals surface area contributed by atoms with Crippen molar-refractivity contribution in [1.29, 1.82) is 0 Å². The number of nitro benzene ring substituents is 1. The fourth-order valence-electron chi connectivity index (χ4n) is 1.67. The first kappa shape index (κ1) is 12.6. The third-order valence-electron chi connectivity index (χ3n) is 2.47. The van der Waals surface area contributed by atoms with Gasteiger partial charge in [-0.1, -0.05) is 17.3 Å². The second kappa shape index (κ2) is 4.77. The highest BCUT2D eigenvalue weighted by Gasteiger charge is 2.15. The lowest BCUT2D eigenvalue weighted by atomic mass is 10.2. The average molecular weight is 261 g/mol. The zero-order valence-corrected chi connectivity index (χ0v) is 10.0. The van der Waals surface area contributed by atoms with Crippen LogP contribution in [-0.4, -0.2) is 25.7 Å². The molecule has 3 N–H and O–H groups in total. The van der Waals surface area contributed by atoms with Crippen molar-refractivity contribution in [2.75, 3.05) is 5.73 Å². The zero-order chi connectivity index (χ0) is 14.0. The van der Waals surface area contributed by atoms with E-state index in [-0.39, 0.29) is 17.3 Å². The van der Waals surface area contributed by atoms with Crippen LogP contribution in [0.25, 0.3) is 0 Å². The lowest BCUT2D eigenvalue weighted by Gasteiger charge is -2.06. The third-order valence-corrected chi connectivity index (χ3v) is 2.47. The number of oxime groups is 1. The quantitative estimate of drug-likeness (QED) is 0.278. The summed E-state index contributed by atoms with van der Waals surface area (Å²) in [5, 5.41) is 27.0. The summed E-state index contributed by atoms with van der Waals surface area (Å²) in [6.07, 6.45) is 0. The van der Waals surface area contributed by atoms with E-state index in [0.717, 1.165) is 0 Å². The molecule has 8 heteroatoms. The summed E-state index contributed by atoms with van der Waals surface area (Å²) in [4.78, 5) is 10.2. The van der Waals surface area contributed by atoms with Crippen LogP contribution in [0.1, 0.15) is 11.3 Å². The summed E-state index contributed by atoms with van der Waals surface area (Å²) in [6, 6.07) is 7.29. The van der Waals surface area contributed by atoms with E-state index in [1.807, 2.05) is 0 Å². The highest BCUT2D eigenvalue weighted by molar-refractivity contribution is 6.01. The van der Waals surface area contributed by atoms with Gasteiger partial charge in [0, 0.05) is 23.8 Å². The third kappa shape index (κ3) is 2.37. The number of rotatable bonds is 2. The number of non-ortho nitro benzene ring substituents is 1. The number of anilines is 1. The first-order valence-electron chi connectivity index (χ1n) is 5.32. The largest absolute Gasteiger partial charge is 0.409 e. The molecule has 0 spiro atoms. The minimum Gasteiger partial charge on any atom is -0.409 e. The number of benzene rings is 1. The maximum atomic E-state index is 10.7. The molecule has 1 aromatic heterocycles. The highest BCUT2D eigenvalue weighted by atomic mass is 16.6. The van der Waals surface area contributed by atoms with Crippen LogP contribution in [0.3, 0.4) is 0 Å². The van der Waals surface area contributed by atoms with Gasteiger partial charge in [0.2, 0.25) is 5.84 Å². The SMILES string of the molecule is Cc1cc(N)n(/C(=N/O)c2cccc([N+](=O)[O-])c2)n1. The summed E-state index contributed by atoms with van der Waals surface area (Å²) < 4.78 is 1.22. The molecule has 1 heterocycles. The summed E-state index contributed by atoms with van der Waals surface area (Å²) in [6.45, 7) is 1.73. The van der Waals surface area contributed by atoms with Gasteiger partial charge in [-0.3, -0.25) is 10.1 Å². The molecule has 0 saturated carbocycles. The van der Waals surface area contributed by atoms with Gasteiger partial charge in [0.1, 0.15) is 5.82 Å². The lowest BCUT2D eigenvalue weighted by molar-refractivity contribution is -0.384. The first-order valence-corrected chi connectivity index (χ1v) is 5.32. The Labute approximate surface area is 107 Å². The predicted octanol–water partition coefficient (Wildman–Crippen LogP) is 1.37. The smallest absolute Gasteiger partial charge is 0.270 e. The predicted molar refractivity (Wildman–Crippen MR) is 68.2 cm³/mol. The molecule has 0 aliphatic carbocycles. The van der Waals surface area contributed by atoms with Gasteiger partial charge >= 0.3 is 0 Å². The molecule has 0 saturated heterocycles. The molecule has 19 heavy (non-hydrogen) atoms. The summed E-state index contributed by atoms with van der Waals surface area (Å²) in [5.74, 6) is 0.297. The van der Waals surface area contributed by atoms with E-state index < -0.39 is 4.92 Å². The van der Waals surface area contributed by atoms with Crippen LogP contribution in [0.2, 0.25) is 0 Å². The monoisotopic (exact) mass is 261 g/mol. The topological polar surface area (TPSA) is 120 Å². The van der Waals surface area contributed by atoms with Crippen LogP contribution in [0.4, 0.5) is 11.5 Å². The Morgan fingerprint density at radius 2 is 2.26 bits per heavy atom. The second-order valence-electron chi connectivity index (χ2n) is 3.85. The van der Waals surface area contributed by atoms with Crippen LogP contribution in [0, 0.1) is 17.0 Å². The maximum absolute atomic E-state index is 10.7. The Morgan fingerprint density at radius 3 is 2.79 bits per heavy atom. The molecule has 98 valence electrons. The Bertz CT molecular complexity index is 662. The van der Waals surface area contributed by atoms with Crippen molar-refractivity contribution < 1.29 is 10.1 Å². The van der Waals surface area contributed by atoms with Crippen molar-refractivity contribution in [3.8, 4) is 0 Å². The van der Waals surface area contributed by atoms with Gasteiger partial charge in [0.05, 0.1) is 10.6 Å². The van der Waals surface area contributed by atoms with E-state index in [1.165, 1.54) is 22.9 Å². The van der Waals surface area contributed by atoms with E-state index in [2.05, 4.69) is 10.3 Å². The van der Waals surface area contributed by atoms with Crippen molar-refractivity contribution in [1.82, 2.24) is 9.78 Å². The molecule has 0 atom stereocenters. The van der Waals surface area contributed by atoms with Crippen molar-refractivity contribution in [2.24, 2.45) is 5.16 Å².